The lowest BCUT2D eigenvalue weighted by Gasteiger charge is -2.17. The first kappa shape index (κ1) is 19.0. The Morgan fingerprint density at radius 2 is 1.96 bits per heavy atom. The predicted molar refractivity (Wildman–Crippen MR) is 98.2 cm³/mol. The van der Waals surface area contributed by atoms with Gasteiger partial charge in [-0.3, -0.25) is 14.9 Å². The fourth-order valence-electron chi connectivity index (χ4n) is 2.35. The molecule has 0 aliphatic rings. The Morgan fingerprint density at radius 3 is 2.62 bits per heavy atom. The summed E-state index contributed by atoms with van der Waals surface area (Å²) in [5.41, 5.74) is 1.41. The number of methoxy groups -OCH3 is 2. The molecule has 0 unspecified atom stereocenters. The van der Waals surface area contributed by atoms with Gasteiger partial charge in [-0.15, -0.1) is 0 Å². The molecule has 0 radical (unpaired) electrons. The van der Waals surface area contributed by atoms with Crippen molar-refractivity contribution in [2.75, 3.05) is 21.3 Å². The second kappa shape index (κ2) is 8.66. The fourth-order valence-corrected chi connectivity index (χ4v) is 2.35. The third kappa shape index (κ3) is 4.83. The van der Waals surface area contributed by atoms with Crippen molar-refractivity contribution >= 4 is 17.7 Å². The third-order valence-electron chi connectivity index (χ3n) is 3.78. The highest BCUT2D eigenvalue weighted by molar-refractivity contribution is 5.91. The van der Waals surface area contributed by atoms with Gasteiger partial charge in [0.1, 0.15) is 11.5 Å². The van der Waals surface area contributed by atoms with E-state index in [4.69, 9.17) is 9.47 Å². The van der Waals surface area contributed by atoms with E-state index >= 15 is 0 Å². The molecule has 7 heteroatoms. The Kier molecular flexibility index (Phi) is 6.32. The number of hydrogen-bond acceptors (Lipinski definition) is 5. The molecule has 0 bridgehead atoms. The first-order valence-corrected chi connectivity index (χ1v) is 7.83. The van der Waals surface area contributed by atoms with Crippen molar-refractivity contribution in [2.45, 2.75) is 6.54 Å². The number of carbonyl (C=O) groups is 1. The number of amides is 1. The summed E-state index contributed by atoms with van der Waals surface area (Å²) in [5, 5.41) is 10.8. The van der Waals surface area contributed by atoms with Crippen molar-refractivity contribution < 1.29 is 19.2 Å². The van der Waals surface area contributed by atoms with Crippen LogP contribution in [0.4, 0.5) is 5.69 Å². The zero-order valence-corrected chi connectivity index (χ0v) is 14.8. The van der Waals surface area contributed by atoms with Gasteiger partial charge in [0.15, 0.2) is 0 Å². The Balaban J connectivity index is 2.08. The largest absolute Gasteiger partial charge is 0.497 e. The zero-order chi connectivity index (χ0) is 19.1. The smallest absolute Gasteiger partial charge is 0.270 e. The first-order chi connectivity index (χ1) is 12.4. The SMILES string of the molecule is COc1ccc(CN(C)C(=O)/C=C/c2cccc([N+](=O)[O-])c2)c(OC)c1. The van der Waals surface area contributed by atoms with E-state index in [1.54, 1.807) is 51.6 Å². The van der Waals surface area contributed by atoms with E-state index in [1.165, 1.54) is 23.1 Å². The molecule has 1 amide bonds. The first-order valence-electron chi connectivity index (χ1n) is 7.83. The van der Waals surface area contributed by atoms with Crippen LogP contribution >= 0.6 is 0 Å². The summed E-state index contributed by atoms with van der Waals surface area (Å²) in [7, 11) is 4.80. The quantitative estimate of drug-likeness (QED) is 0.432. The van der Waals surface area contributed by atoms with Gasteiger partial charge in [-0.25, -0.2) is 0 Å². The van der Waals surface area contributed by atoms with Crippen molar-refractivity contribution in [2.24, 2.45) is 0 Å². The lowest BCUT2D eigenvalue weighted by Crippen LogP contribution is -2.24. The molecule has 0 atom stereocenters. The number of hydrogen-bond donors (Lipinski definition) is 0. The average Bonchev–Trinajstić information content (AvgIpc) is 2.66. The summed E-state index contributed by atoms with van der Waals surface area (Å²) in [4.78, 5) is 24.2. The zero-order valence-electron chi connectivity index (χ0n) is 14.8. The van der Waals surface area contributed by atoms with E-state index in [1.807, 2.05) is 6.07 Å². The van der Waals surface area contributed by atoms with Crippen LogP contribution in [0.2, 0.25) is 0 Å². The maximum Gasteiger partial charge on any atom is 0.270 e. The van der Waals surface area contributed by atoms with Crippen LogP contribution in [-0.4, -0.2) is 37.0 Å². The summed E-state index contributed by atoms with van der Waals surface area (Å²) in [6, 6.07) is 11.5. The third-order valence-corrected chi connectivity index (χ3v) is 3.78. The molecule has 2 aromatic carbocycles. The number of non-ortho nitro benzene ring substituents is 1. The molecular weight excluding hydrogens is 336 g/mol. The van der Waals surface area contributed by atoms with E-state index in [2.05, 4.69) is 0 Å². The highest BCUT2D eigenvalue weighted by Crippen LogP contribution is 2.25. The number of rotatable bonds is 7. The van der Waals surface area contributed by atoms with Crippen molar-refractivity contribution in [3.8, 4) is 11.5 Å². The van der Waals surface area contributed by atoms with Gasteiger partial charge in [0, 0.05) is 43.4 Å². The van der Waals surface area contributed by atoms with Gasteiger partial charge in [-0.1, -0.05) is 12.1 Å². The van der Waals surface area contributed by atoms with E-state index in [0.717, 1.165) is 5.56 Å². The number of carbonyl (C=O) groups excluding carboxylic acids is 1. The molecule has 0 heterocycles. The van der Waals surface area contributed by atoms with Gasteiger partial charge < -0.3 is 14.4 Å². The molecule has 7 nitrogen and oxygen atoms in total. The van der Waals surface area contributed by atoms with Crippen LogP contribution in [0.25, 0.3) is 6.08 Å². The normalized spacial score (nSPS) is 10.6. The van der Waals surface area contributed by atoms with E-state index in [9.17, 15) is 14.9 Å². The number of nitrogens with zero attached hydrogens (tertiary/aromatic N) is 2. The molecule has 2 aromatic rings. The minimum absolute atomic E-state index is 0.0177. The van der Waals surface area contributed by atoms with Crippen molar-refractivity contribution in [1.82, 2.24) is 4.90 Å². The molecule has 0 N–H and O–H groups in total. The molecule has 0 fully saturated rings. The highest BCUT2D eigenvalue weighted by atomic mass is 16.6. The summed E-state index contributed by atoms with van der Waals surface area (Å²) < 4.78 is 10.5. The lowest BCUT2D eigenvalue weighted by atomic mass is 10.1. The second-order valence-electron chi connectivity index (χ2n) is 5.56. The lowest BCUT2D eigenvalue weighted by molar-refractivity contribution is -0.384. The van der Waals surface area contributed by atoms with Gasteiger partial charge in [0.05, 0.1) is 19.1 Å². The maximum absolute atomic E-state index is 12.3. The van der Waals surface area contributed by atoms with Crippen LogP contribution in [0.3, 0.4) is 0 Å². The molecular formula is C19H20N2O5. The molecule has 0 aliphatic carbocycles. The summed E-state index contributed by atoms with van der Waals surface area (Å²) in [6.45, 7) is 0.352. The standard InChI is InChI=1S/C19H20N2O5/c1-20(13-15-8-9-17(25-2)12-18(15)26-3)19(22)10-7-14-5-4-6-16(11-14)21(23)24/h4-12H,13H2,1-3H3/b10-7+. The second-order valence-corrected chi connectivity index (χ2v) is 5.56. The summed E-state index contributed by atoms with van der Waals surface area (Å²) in [6.07, 6.45) is 2.94. The number of benzene rings is 2. The van der Waals surface area contributed by atoms with Crippen LogP contribution in [0.5, 0.6) is 11.5 Å². The fraction of sp³-hybridized carbons (Fsp3) is 0.211. The van der Waals surface area contributed by atoms with Crippen LogP contribution < -0.4 is 9.47 Å². The van der Waals surface area contributed by atoms with Gasteiger partial charge in [-0.05, 0) is 23.8 Å². The number of nitro groups is 1. The summed E-state index contributed by atoms with van der Waals surface area (Å²) in [5.74, 6) is 1.08. The van der Waals surface area contributed by atoms with Gasteiger partial charge in [-0.2, -0.15) is 0 Å². The number of likely N-dealkylation sites (N-methyl/N-ethyl adjacent to an activating group) is 1. The molecule has 0 aliphatic heterocycles. The van der Waals surface area contributed by atoms with E-state index in [0.29, 0.717) is 23.6 Å². The molecule has 0 saturated carbocycles. The molecule has 0 spiro atoms. The monoisotopic (exact) mass is 356 g/mol. The Hall–Kier alpha value is -3.35. The number of nitro benzene ring substituents is 1. The van der Waals surface area contributed by atoms with Crippen LogP contribution in [0, 0.1) is 10.1 Å². The minimum atomic E-state index is -0.471. The van der Waals surface area contributed by atoms with Crippen molar-refractivity contribution in [3.63, 3.8) is 0 Å². The van der Waals surface area contributed by atoms with E-state index in [-0.39, 0.29) is 11.6 Å². The molecule has 0 saturated heterocycles. The number of ether oxygens (including phenoxy) is 2. The minimum Gasteiger partial charge on any atom is -0.497 e. The molecule has 0 aromatic heterocycles. The predicted octanol–water partition coefficient (Wildman–Crippen LogP) is 3.28. The molecule has 2 rings (SSSR count). The highest BCUT2D eigenvalue weighted by Gasteiger charge is 2.11. The Bertz CT molecular complexity index is 832. The van der Waals surface area contributed by atoms with Gasteiger partial charge in [0.25, 0.3) is 5.69 Å². The van der Waals surface area contributed by atoms with Crippen LogP contribution in [-0.2, 0) is 11.3 Å². The average molecular weight is 356 g/mol. The maximum atomic E-state index is 12.3. The van der Waals surface area contributed by atoms with Gasteiger partial charge in [0.2, 0.25) is 5.91 Å². The van der Waals surface area contributed by atoms with Crippen molar-refractivity contribution in [3.05, 3.63) is 69.8 Å². The van der Waals surface area contributed by atoms with Gasteiger partial charge >= 0.3 is 0 Å². The molecule has 26 heavy (non-hydrogen) atoms. The Labute approximate surface area is 151 Å². The van der Waals surface area contributed by atoms with Crippen LogP contribution in [0.15, 0.2) is 48.5 Å². The van der Waals surface area contributed by atoms with E-state index < -0.39 is 4.92 Å². The summed E-state index contributed by atoms with van der Waals surface area (Å²) >= 11 is 0. The Morgan fingerprint density at radius 1 is 1.19 bits per heavy atom. The van der Waals surface area contributed by atoms with Crippen molar-refractivity contribution in [1.29, 1.82) is 0 Å². The van der Waals surface area contributed by atoms with Crippen LogP contribution in [0.1, 0.15) is 11.1 Å². The topological polar surface area (TPSA) is 81.9 Å². The molecule has 136 valence electrons.